The fourth-order valence-corrected chi connectivity index (χ4v) is 3.20. The molecular weight excluding hydrogens is 368 g/mol. The third kappa shape index (κ3) is 3.34. The van der Waals surface area contributed by atoms with Gasteiger partial charge in [0.15, 0.2) is 0 Å². The summed E-state index contributed by atoms with van der Waals surface area (Å²) in [6.45, 7) is 0. The first-order chi connectivity index (χ1) is 11.6. The summed E-state index contributed by atoms with van der Waals surface area (Å²) >= 11 is 1.08. The van der Waals surface area contributed by atoms with Crippen molar-refractivity contribution in [1.82, 2.24) is 4.98 Å². The minimum atomic E-state index is -4.95. The monoisotopic (exact) mass is 377 g/mol. The van der Waals surface area contributed by atoms with Gasteiger partial charge in [0.05, 0.1) is 11.1 Å². The molecular formula is C16H9F6NOS. The number of hydrogen-bond donors (Lipinski definition) is 1. The SMILES string of the molecule is OC(c1cccs1)c1cc(C(F)(F)F)nc2c(C(F)(F)F)cccc12. The Balaban J connectivity index is 2.35. The molecule has 1 atom stereocenters. The first kappa shape index (κ1) is 17.7. The minimum Gasteiger partial charge on any atom is -0.383 e. The molecule has 2 nitrogen and oxygen atoms in total. The van der Waals surface area contributed by atoms with Crippen molar-refractivity contribution in [2.75, 3.05) is 0 Å². The highest BCUT2D eigenvalue weighted by Gasteiger charge is 2.38. The number of thiophene rings is 1. The number of pyridine rings is 1. The van der Waals surface area contributed by atoms with Gasteiger partial charge < -0.3 is 5.11 Å². The maximum atomic E-state index is 13.2. The average Bonchev–Trinajstić information content (AvgIpc) is 3.05. The zero-order chi connectivity index (χ0) is 18.4. The number of rotatable bonds is 2. The van der Waals surface area contributed by atoms with Crippen molar-refractivity contribution in [1.29, 1.82) is 0 Å². The lowest BCUT2D eigenvalue weighted by Crippen LogP contribution is -2.14. The van der Waals surface area contributed by atoms with E-state index in [0.717, 1.165) is 17.4 Å². The molecule has 0 amide bonds. The van der Waals surface area contributed by atoms with E-state index in [9.17, 15) is 31.4 Å². The second-order valence-corrected chi connectivity index (χ2v) is 6.19. The highest BCUT2D eigenvalue weighted by molar-refractivity contribution is 7.10. The zero-order valence-electron chi connectivity index (χ0n) is 12.2. The van der Waals surface area contributed by atoms with Crippen molar-refractivity contribution in [3.63, 3.8) is 0 Å². The first-order valence-electron chi connectivity index (χ1n) is 6.88. The molecule has 0 saturated heterocycles. The lowest BCUT2D eigenvalue weighted by Gasteiger charge is -2.18. The van der Waals surface area contributed by atoms with Gasteiger partial charge in [0.1, 0.15) is 11.8 Å². The van der Waals surface area contributed by atoms with E-state index >= 15 is 0 Å². The molecule has 1 unspecified atom stereocenters. The number of hydrogen-bond acceptors (Lipinski definition) is 3. The van der Waals surface area contributed by atoms with Gasteiger partial charge in [0.2, 0.25) is 0 Å². The molecule has 25 heavy (non-hydrogen) atoms. The molecule has 1 N–H and O–H groups in total. The second kappa shape index (κ2) is 5.99. The number of aliphatic hydroxyl groups is 1. The molecule has 3 rings (SSSR count). The van der Waals surface area contributed by atoms with Gasteiger partial charge in [0.25, 0.3) is 0 Å². The van der Waals surface area contributed by atoms with Gasteiger partial charge >= 0.3 is 12.4 Å². The lowest BCUT2D eigenvalue weighted by atomic mass is 9.99. The molecule has 0 aliphatic rings. The van der Waals surface area contributed by atoms with Crippen molar-refractivity contribution in [2.24, 2.45) is 0 Å². The topological polar surface area (TPSA) is 33.1 Å². The number of para-hydroxylation sites is 1. The van der Waals surface area contributed by atoms with Crippen LogP contribution in [0.4, 0.5) is 26.3 Å². The Morgan fingerprint density at radius 2 is 1.68 bits per heavy atom. The van der Waals surface area contributed by atoms with Gasteiger partial charge in [-0.1, -0.05) is 18.2 Å². The molecule has 2 aromatic heterocycles. The van der Waals surface area contributed by atoms with Crippen LogP contribution in [-0.2, 0) is 12.4 Å². The Morgan fingerprint density at radius 3 is 2.24 bits per heavy atom. The Morgan fingerprint density at radius 1 is 0.960 bits per heavy atom. The van der Waals surface area contributed by atoms with Crippen LogP contribution in [0.15, 0.2) is 41.8 Å². The number of alkyl halides is 6. The van der Waals surface area contributed by atoms with E-state index in [-0.39, 0.29) is 10.9 Å². The largest absolute Gasteiger partial charge is 0.433 e. The van der Waals surface area contributed by atoms with Gasteiger partial charge in [-0.25, -0.2) is 4.98 Å². The molecule has 0 aliphatic carbocycles. The Kier molecular flexibility index (Phi) is 4.24. The summed E-state index contributed by atoms with van der Waals surface area (Å²) in [4.78, 5) is 3.50. The van der Waals surface area contributed by atoms with Crippen LogP contribution >= 0.6 is 11.3 Å². The average molecular weight is 377 g/mol. The molecule has 9 heteroatoms. The Bertz CT molecular complexity index is 901. The summed E-state index contributed by atoms with van der Waals surface area (Å²) in [6, 6.07) is 6.61. The molecule has 0 aliphatic heterocycles. The van der Waals surface area contributed by atoms with E-state index in [4.69, 9.17) is 0 Å². The van der Waals surface area contributed by atoms with Gasteiger partial charge in [-0.15, -0.1) is 11.3 Å². The number of halogens is 6. The van der Waals surface area contributed by atoms with Gasteiger partial charge in [-0.2, -0.15) is 26.3 Å². The molecule has 2 heterocycles. The summed E-state index contributed by atoms with van der Waals surface area (Å²) < 4.78 is 78.8. The van der Waals surface area contributed by atoms with Crippen LogP contribution in [-0.4, -0.2) is 10.1 Å². The van der Waals surface area contributed by atoms with Crippen LogP contribution in [0.5, 0.6) is 0 Å². The third-order valence-electron chi connectivity index (χ3n) is 3.57. The Hall–Kier alpha value is -2.13. The molecule has 0 spiro atoms. The first-order valence-corrected chi connectivity index (χ1v) is 7.76. The highest BCUT2D eigenvalue weighted by Crippen LogP contribution is 2.40. The van der Waals surface area contributed by atoms with E-state index in [1.807, 2.05) is 0 Å². The maximum absolute atomic E-state index is 13.2. The highest BCUT2D eigenvalue weighted by atomic mass is 32.1. The molecule has 0 radical (unpaired) electrons. The number of nitrogens with zero attached hydrogens (tertiary/aromatic N) is 1. The molecule has 0 bridgehead atoms. The predicted molar refractivity (Wildman–Crippen MR) is 80.1 cm³/mol. The summed E-state index contributed by atoms with van der Waals surface area (Å²) in [7, 11) is 0. The van der Waals surface area contributed by atoms with E-state index in [1.165, 1.54) is 12.1 Å². The van der Waals surface area contributed by atoms with Gasteiger partial charge in [0, 0.05) is 10.3 Å². The summed E-state index contributed by atoms with van der Waals surface area (Å²) in [5.74, 6) is 0. The Labute approximate surface area is 141 Å². The smallest absolute Gasteiger partial charge is 0.383 e. The van der Waals surface area contributed by atoms with Crippen molar-refractivity contribution >= 4 is 22.2 Å². The molecule has 132 valence electrons. The molecule has 1 aromatic carbocycles. The molecule has 0 saturated carbocycles. The predicted octanol–water partition coefficient (Wildman–Crippen LogP) is 5.42. The normalized spacial score (nSPS) is 14.0. The van der Waals surface area contributed by atoms with Gasteiger partial charge in [-0.05, 0) is 29.1 Å². The summed E-state index contributed by atoms with van der Waals surface area (Å²) in [5.41, 5.74) is -3.88. The van der Waals surface area contributed by atoms with E-state index in [2.05, 4.69) is 4.98 Å². The van der Waals surface area contributed by atoms with Crippen LogP contribution in [0.25, 0.3) is 10.9 Å². The maximum Gasteiger partial charge on any atom is 0.433 e. The van der Waals surface area contributed by atoms with Crippen LogP contribution in [0.3, 0.4) is 0 Å². The number of benzene rings is 1. The summed E-state index contributed by atoms with van der Waals surface area (Å²) in [6.07, 6.45) is -11.3. The van der Waals surface area contributed by atoms with E-state index < -0.39 is 35.2 Å². The fraction of sp³-hybridized carbons (Fsp3) is 0.188. The second-order valence-electron chi connectivity index (χ2n) is 5.21. The van der Waals surface area contributed by atoms with Crippen molar-refractivity contribution in [3.8, 4) is 0 Å². The van der Waals surface area contributed by atoms with Crippen LogP contribution in [0.2, 0.25) is 0 Å². The van der Waals surface area contributed by atoms with E-state index in [1.54, 1.807) is 11.4 Å². The number of aliphatic hydroxyl groups excluding tert-OH is 1. The van der Waals surface area contributed by atoms with Crippen LogP contribution < -0.4 is 0 Å². The molecule has 0 fully saturated rings. The van der Waals surface area contributed by atoms with Crippen LogP contribution in [0.1, 0.15) is 27.8 Å². The molecule has 3 aromatic rings. The summed E-state index contributed by atoms with van der Waals surface area (Å²) in [5, 5.41) is 11.8. The number of fused-ring (bicyclic) bond motifs is 1. The lowest BCUT2D eigenvalue weighted by molar-refractivity contribution is -0.142. The van der Waals surface area contributed by atoms with E-state index in [0.29, 0.717) is 17.0 Å². The van der Waals surface area contributed by atoms with Crippen LogP contribution in [0, 0.1) is 0 Å². The van der Waals surface area contributed by atoms with Crippen molar-refractivity contribution in [3.05, 3.63) is 63.5 Å². The minimum absolute atomic E-state index is 0.177. The van der Waals surface area contributed by atoms with Crippen molar-refractivity contribution in [2.45, 2.75) is 18.5 Å². The quantitative estimate of drug-likeness (QED) is 0.606. The standard InChI is InChI=1S/C16H9F6NOS/c17-15(18,19)10-4-1-3-8-9(14(24)11-5-2-6-25-11)7-12(16(20,21)22)23-13(8)10/h1-7,14,24H. The fourth-order valence-electron chi connectivity index (χ4n) is 2.47. The zero-order valence-corrected chi connectivity index (χ0v) is 13.0. The number of aromatic nitrogens is 1. The third-order valence-corrected chi connectivity index (χ3v) is 4.50. The van der Waals surface area contributed by atoms with Gasteiger partial charge in [-0.3, -0.25) is 0 Å². The van der Waals surface area contributed by atoms with Crippen molar-refractivity contribution < 1.29 is 31.4 Å².